The molecule has 0 unspecified atom stereocenters. The maximum atomic E-state index is 15.8. The summed E-state index contributed by atoms with van der Waals surface area (Å²) in [6, 6.07) is 13.2. The van der Waals surface area contributed by atoms with Crippen molar-refractivity contribution in [1.29, 1.82) is 0 Å². The standard InChI is InChI=1S/C46H56FN9O8S/c1-24(2)38(54-45(61)64-5)40(57)46(18-8-19-48-46)43-51-31-14-11-27(22-33(31)52-43)35-16-15-34(56(35)28-12-17-37(29(47)23-28)65(6,62)63)26-10-13-30-32(21-26)50-41(49-30)36-9-7-20-55(36)42(58)39(25(3)4)53-44(59)60/h10-14,17,21-25,34-36,38-39,48,53H,7-9,15-16,18-20H2,1-6H3,(H,49,50)(H,51,52)(H,54,61)(H,59,60)/t34-,35-,36+,38+,39+,46-/m1/s1. The summed E-state index contributed by atoms with van der Waals surface area (Å²) >= 11 is 0. The van der Waals surface area contributed by atoms with Crippen LogP contribution in [0.4, 0.5) is 19.7 Å². The van der Waals surface area contributed by atoms with Crippen molar-refractivity contribution in [2.75, 3.05) is 31.4 Å². The molecule has 0 spiro atoms. The molecule has 3 saturated heterocycles. The van der Waals surface area contributed by atoms with Crippen molar-refractivity contribution in [3.8, 4) is 0 Å². The van der Waals surface area contributed by atoms with Crippen molar-refractivity contribution in [3.05, 3.63) is 83.2 Å². The lowest BCUT2D eigenvalue weighted by atomic mass is 9.83. The number of halogens is 1. The predicted octanol–water partition coefficient (Wildman–Crippen LogP) is 6.55. The number of anilines is 1. The SMILES string of the molecule is COC(=O)N[C@H](C(=O)[C@@]1(c2nc3ccc([C@H]4CC[C@H](c5ccc6nc([C@@H]7CCCN7C(=O)[C@@H](NC(=O)O)C(C)C)[nH]c6c5)N4c4ccc(S(C)(=O)=O)c(F)c4)cc3[nH]2)CCCN1)C(C)C. The number of hydrogen-bond donors (Lipinski definition) is 6. The van der Waals surface area contributed by atoms with Crippen LogP contribution in [0.5, 0.6) is 0 Å². The fraction of sp³-hybridized carbons (Fsp3) is 0.478. The molecule has 0 aliphatic carbocycles. The number of imidazole rings is 2. The number of ketones is 1. The van der Waals surface area contributed by atoms with Gasteiger partial charge in [0.25, 0.3) is 0 Å². The van der Waals surface area contributed by atoms with Gasteiger partial charge in [-0.3, -0.25) is 14.9 Å². The molecule has 3 amide bonds. The summed E-state index contributed by atoms with van der Waals surface area (Å²) in [5, 5.41) is 17.9. The molecule has 3 aliphatic rings. The Labute approximate surface area is 376 Å². The van der Waals surface area contributed by atoms with Crippen LogP contribution >= 0.6 is 0 Å². The van der Waals surface area contributed by atoms with E-state index in [0.717, 1.165) is 35.7 Å². The van der Waals surface area contributed by atoms with Crippen LogP contribution in [-0.4, -0.2) is 101 Å². The number of amides is 3. The summed E-state index contributed by atoms with van der Waals surface area (Å²) in [6.07, 6.45) is 2.91. The molecule has 5 heterocycles. The van der Waals surface area contributed by atoms with Gasteiger partial charge >= 0.3 is 12.2 Å². The lowest BCUT2D eigenvalue weighted by Gasteiger charge is -2.33. The van der Waals surface area contributed by atoms with Gasteiger partial charge in [0.15, 0.2) is 15.6 Å². The third-order valence-electron chi connectivity index (χ3n) is 13.2. The van der Waals surface area contributed by atoms with Crippen molar-refractivity contribution in [3.63, 3.8) is 0 Å². The third-order valence-corrected chi connectivity index (χ3v) is 14.4. The molecule has 17 nitrogen and oxygen atoms in total. The van der Waals surface area contributed by atoms with Gasteiger partial charge in [0.1, 0.15) is 33.9 Å². The van der Waals surface area contributed by atoms with Crippen LogP contribution in [-0.2, 0) is 29.7 Å². The molecule has 5 aromatic rings. The van der Waals surface area contributed by atoms with Crippen LogP contribution in [0.25, 0.3) is 22.1 Å². The summed E-state index contributed by atoms with van der Waals surface area (Å²) in [5.41, 5.74) is 3.86. The number of likely N-dealkylation sites (tertiary alicyclic amines) is 1. The monoisotopic (exact) mass is 913 g/mol. The Morgan fingerprint density at radius 2 is 1.49 bits per heavy atom. The van der Waals surface area contributed by atoms with E-state index in [2.05, 4.69) is 30.8 Å². The van der Waals surface area contributed by atoms with Gasteiger partial charge in [-0.15, -0.1) is 0 Å². The van der Waals surface area contributed by atoms with E-state index in [9.17, 15) is 32.7 Å². The minimum atomic E-state index is -3.84. The highest BCUT2D eigenvalue weighted by atomic mass is 32.2. The zero-order valence-corrected chi connectivity index (χ0v) is 38.1. The van der Waals surface area contributed by atoms with Gasteiger partial charge < -0.3 is 40.2 Å². The maximum absolute atomic E-state index is 15.8. The number of carboxylic acid groups (broad SMARTS) is 1. The Morgan fingerprint density at radius 3 is 2.06 bits per heavy atom. The van der Waals surface area contributed by atoms with E-state index in [1.165, 1.54) is 19.2 Å². The number of aromatic amines is 2. The van der Waals surface area contributed by atoms with Gasteiger partial charge in [0, 0.05) is 18.5 Å². The first kappa shape index (κ1) is 45.5. The minimum absolute atomic E-state index is 0.220. The van der Waals surface area contributed by atoms with Gasteiger partial charge in [-0.05, 0) is 110 Å². The average Bonchev–Trinajstić information content (AvgIpc) is 4.11. The topological polar surface area (TPSA) is 232 Å². The number of nitrogens with zero attached hydrogens (tertiary/aromatic N) is 4. The molecule has 3 fully saturated rings. The first-order valence-electron chi connectivity index (χ1n) is 22.1. The number of carbonyl (C=O) groups is 4. The van der Waals surface area contributed by atoms with E-state index in [0.29, 0.717) is 72.7 Å². The summed E-state index contributed by atoms with van der Waals surface area (Å²) in [6.45, 7) is 8.37. The number of alkyl carbamates (subject to hydrolysis) is 1. The molecule has 3 aromatic carbocycles. The number of rotatable bonds is 13. The number of H-pyrrole nitrogens is 2. The van der Waals surface area contributed by atoms with Crippen molar-refractivity contribution in [2.24, 2.45) is 11.8 Å². The summed E-state index contributed by atoms with van der Waals surface area (Å²) in [7, 11) is -2.59. The Balaban J connectivity index is 1.14. The van der Waals surface area contributed by atoms with E-state index in [1.54, 1.807) is 24.8 Å². The summed E-state index contributed by atoms with van der Waals surface area (Å²) in [5.74, 6) is -0.821. The summed E-state index contributed by atoms with van der Waals surface area (Å²) < 4.78 is 45.6. The second-order valence-corrected chi connectivity index (χ2v) is 20.2. The van der Waals surface area contributed by atoms with Gasteiger partial charge in [0.2, 0.25) is 5.91 Å². The van der Waals surface area contributed by atoms with Gasteiger partial charge in [0.05, 0.1) is 53.3 Å². The van der Waals surface area contributed by atoms with Crippen LogP contribution < -0.4 is 20.9 Å². The maximum Gasteiger partial charge on any atom is 0.407 e. The molecular formula is C46H56FN9O8S. The molecule has 6 atom stereocenters. The molecule has 19 heteroatoms. The number of aromatic nitrogens is 4. The van der Waals surface area contributed by atoms with Gasteiger partial charge in [-0.25, -0.2) is 32.4 Å². The number of benzene rings is 3. The van der Waals surface area contributed by atoms with Crippen molar-refractivity contribution in [2.45, 2.75) is 107 Å². The zero-order chi connectivity index (χ0) is 46.5. The first-order valence-corrected chi connectivity index (χ1v) is 24.0. The normalized spacial score (nSPS) is 22.3. The number of hydrogen-bond acceptors (Lipinski definition) is 11. The largest absolute Gasteiger partial charge is 0.465 e. The minimum Gasteiger partial charge on any atom is -0.465 e. The van der Waals surface area contributed by atoms with Crippen molar-refractivity contribution in [1.82, 2.24) is 40.8 Å². The second kappa shape index (κ2) is 17.7. The second-order valence-electron chi connectivity index (χ2n) is 18.2. The number of Topliss-reactive ketones (excluding diaryl/α,β-unsaturated/α-hetero) is 1. The highest BCUT2D eigenvalue weighted by molar-refractivity contribution is 7.90. The van der Waals surface area contributed by atoms with Crippen molar-refractivity contribution < 1.29 is 41.8 Å². The molecule has 65 heavy (non-hydrogen) atoms. The Bertz CT molecular complexity index is 2770. The molecule has 0 saturated carbocycles. The van der Waals surface area contributed by atoms with Crippen molar-refractivity contribution >= 4 is 61.5 Å². The van der Waals surface area contributed by atoms with Gasteiger partial charge in [-0.2, -0.15) is 0 Å². The Kier molecular flexibility index (Phi) is 12.4. The number of ether oxygens (including phenoxy) is 1. The Morgan fingerprint density at radius 1 is 0.846 bits per heavy atom. The molecule has 0 radical (unpaired) electrons. The molecule has 3 aliphatic heterocycles. The van der Waals surface area contributed by atoms with E-state index < -0.39 is 50.4 Å². The average molecular weight is 914 g/mol. The number of fused-ring (bicyclic) bond motifs is 2. The van der Waals surface area contributed by atoms with E-state index in [-0.39, 0.29) is 41.7 Å². The van der Waals surface area contributed by atoms with Crippen LogP contribution in [0.3, 0.4) is 0 Å². The number of carbonyl (C=O) groups excluding carboxylic acids is 3. The Hall–Kier alpha value is -6.08. The molecule has 6 N–H and O–H groups in total. The molecule has 346 valence electrons. The molecular weight excluding hydrogens is 858 g/mol. The quantitative estimate of drug-likeness (QED) is 0.0739. The smallest absolute Gasteiger partial charge is 0.407 e. The van der Waals surface area contributed by atoms with Crippen LogP contribution in [0.1, 0.15) is 107 Å². The van der Waals surface area contributed by atoms with E-state index >= 15 is 4.39 Å². The third kappa shape index (κ3) is 8.62. The fourth-order valence-corrected chi connectivity index (χ4v) is 10.8. The van der Waals surface area contributed by atoms with Crippen LogP contribution in [0.2, 0.25) is 0 Å². The number of nitrogens with one attached hydrogen (secondary N) is 5. The molecule has 0 bridgehead atoms. The first-order chi connectivity index (χ1) is 30.9. The fourth-order valence-electron chi connectivity index (χ4n) is 10.0. The highest BCUT2D eigenvalue weighted by Gasteiger charge is 2.49. The summed E-state index contributed by atoms with van der Waals surface area (Å²) in [4.78, 5) is 72.0. The lowest BCUT2D eigenvalue weighted by Crippen LogP contribution is -2.57. The number of methoxy groups -OCH3 is 1. The van der Waals surface area contributed by atoms with Gasteiger partial charge in [-0.1, -0.05) is 39.8 Å². The van der Waals surface area contributed by atoms with E-state index in [4.69, 9.17) is 14.7 Å². The van der Waals surface area contributed by atoms with Crippen LogP contribution in [0, 0.1) is 17.7 Å². The van der Waals surface area contributed by atoms with Crippen LogP contribution in [0.15, 0.2) is 59.5 Å². The molecule has 2 aromatic heterocycles. The van der Waals surface area contributed by atoms with E-state index in [1.807, 2.05) is 50.2 Å². The zero-order valence-electron chi connectivity index (χ0n) is 37.3. The molecule has 8 rings (SSSR count). The number of sulfone groups is 1. The lowest BCUT2D eigenvalue weighted by molar-refractivity contribution is -0.135. The predicted molar refractivity (Wildman–Crippen MR) is 240 cm³/mol. The highest BCUT2D eigenvalue weighted by Crippen LogP contribution is 2.48.